The van der Waals surface area contributed by atoms with Crippen molar-refractivity contribution in [2.75, 3.05) is 0 Å². The van der Waals surface area contributed by atoms with Crippen molar-refractivity contribution in [1.29, 1.82) is 0 Å². The van der Waals surface area contributed by atoms with Crippen LogP contribution in [0, 0.1) is 0 Å². The zero-order valence-corrected chi connectivity index (χ0v) is 14.2. The molecule has 0 spiro atoms. The molecule has 0 aliphatic carbocycles. The predicted octanol–water partition coefficient (Wildman–Crippen LogP) is 3.62. The molecule has 0 aliphatic heterocycles. The third kappa shape index (κ3) is 4.14. The van der Waals surface area contributed by atoms with Gasteiger partial charge < -0.3 is 9.88 Å². The second-order valence-corrected chi connectivity index (χ2v) is 6.37. The minimum atomic E-state index is -2.60. The van der Waals surface area contributed by atoms with Crippen molar-refractivity contribution in [1.82, 2.24) is 19.9 Å². The van der Waals surface area contributed by atoms with Crippen LogP contribution in [0.4, 0.5) is 8.78 Å². The quantitative estimate of drug-likeness (QED) is 0.681. The number of nitrogens with one attached hydrogen (secondary N) is 1. The fraction of sp³-hybridized carbons (Fsp3) is 0.235. The summed E-state index contributed by atoms with van der Waals surface area (Å²) in [5.41, 5.74) is 2.15. The average molecular weight is 362 g/mol. The molecular weight excluding hydrogens is 346 g/mol. The Kier molecular flexibility index (Phi) is 5.28. The van der Waals surface area contributed by atoms with E-state index in [0.717, 1.165) is 5.56 Å². The maximum atomic E-state index is 12.8. The van der Waals surface area contributed by atoms with E-state index in [9.17, 15) is 13.6 Å². The van der Waals surface area contributed by atoms with Gasteiger partial charge in [-0.15, -0.1) is 0 Å². The number of carbonyl (C=O) groups excluding carboxylic acids is 1. The van der Waals surface area contributed by atoms with Crippen molar-refractivity contribution in [2.45, 2.75) is 30.4 Å². The summed E-state index contributed by atoms with van der Waals surface area (Å²) in [7, 11) is 0. The van der Waals surface area contributed by atoms with Crippen molar-refractivity contribution >= 4 is 28.7 Å². The van der Waals surface area contributed by atoms with E-state index in [0.29, 0.717) is 22.8 Å². The number of rotatable bonds is 6. The average Bonchev–Trinajstić information content (AvgIpc) is 2.92. The summed E-state index contributed by atoms with van der Waals surface area (Å²) in [6.45, 7) is 1.78. The second-order valence-electron chi connectivity index (χ2n) is 5.42. The van der Waals surface area contributed by atoms with Crippen molar-refractivity contribution in [3.8, 4) is 0 Å². The molecule has 1 atom stereocenters. The van der Waals surface area contributed by atoms with Crippen LogP contribution < -0.4 is 5.32 Å². The number of nitrogens with zero attached hydrogens (tertiary/aromatic N) is 3. The van der Waals surface area contributed by atoms with Gasteiger partial charge in [-0.2, -0.15) is 8.78 Å². The number of aromatic nitrogens is 3. The molecule has 2 heterocycles. The number of halogens is 2. The maximum Gasteiger partial charge on any atom is 0.291 e. The third-order valence-corrected chi connectivity index (χ3v) is 4.40. The third-order valence-electron chi connectivity index (χ3n) is 3.70. The molecule has 0 radical (unpaired) electrons. The summed E-state index contributed by atoms with van der Waals surface area (Å²) < 4.78 is 27.1. The molecule has 0 saturated carbocycles. The summed E-state index contributed by atoms with van der Waals surface area (Å²) in [6.07, 6.45) is 3.30. The molecule has 25 heavy (non-hydrogen) atoms. The van der Waals surface area contributed by atoms with Gasteiger partial charge in [-0.25, -0.2) is 4.98 Å². The van der Waals surface area contributed by atoms with Gasteiger partial charge >= 0.3 is 0 Å². The standard InChI is InChI=1S/C17H16F2N4OS/c1-11(12-6-8-20-9-7-12)21-15(24)10-23-14-5-3-2-4-13(14)22-17(23)25-16(18)19/h2-9,11,16H,10H2,1H3,(H,21,24). The Balaban J connectivity index is 1.80. The normalized spacial score (nSPS) is 12.5. The van der Waals surface area contributed by atoms with Crippen LogP contribution in [0.15, 0.2) is 53.9 Å². The number of hydrogen-bond acceptors (Lipinski definition) is 4. The van der Waals surface area contributed by atoms with Crippen molar-refractivity contribution in [3.05, 3.63) is 54.4 Å². The molecule has 1 amide bonds. The summed E-state index contributed by atoms with van der Waals surface area (Å²) in [5.74, 6) is -2.88. The van der Waals surface area contributed by atoms with Gasteiger partial charge in [0.2, 0.25) is 5.91 Å². The van der Waals surface area contributed by atoms with Gasteiger partial charge in [0.1, 0.15) is 6.54 Å². The van der Waals surface area contributed by atoms with Crippen LogP contribution in [0.25, 0.3) is 11.0 Å². The van der Waals surface area contributed by atoms with Gasteiger partial charge in [-0.3, -0.25) is 9.78 Å². The number of alkyl halides is 2. The summed E-state index contributed by atoms with van der Waals surface area (Å²) in [6, 6.07) is 10.5. The number of benzene rings is 1. The number of para-hydroxylation sites is 2. The van der Waals surface area contributed by atoms with Crippen LogP contribution >= 0.6 is 11.8 Å². The molecular formula is C17H16F2N4OS. The highest BCUT2D eigenvalue weighted by Crippen LogP contribution is 2.28. The number of pyridine rings is 1. The summed E-state index contributed by atoms with van der Waals surface area (Å²) >= 11 is 0.338. The zero-order chi connectivity index (χ0) is 17.8. The van der Waals surface area contributed by atoms with E-state index in [1.54, 1.807) is 36.7 Å². The van der Waals surface area contributed by atoms with E-state index >= 15 is 0 Å². The van der Waals surface area contributed by atoms with E-state index in [2.05, 4.69) is 15.3 Å². The fourth-order valence-corrected chi connectivity index (χ4v) is 3.14. The lowest BCUT2D eigenvalue weighted by molar-refractivity contribution is -0.122. The molecule has 3 rings (SSSR count). The number of hydrogen-bond donors (Lipinski definition) is 1. The molecule has 2 aromatic heterocycles. The first-order valence-electron chi connectivity index (χ1n) is 7.64. The van der Waals surface area contributed by atoms with Gasteiger partial charge in [0.05, 0.1) is 17.1 Å². The van der Waals surface area contributed by atoms with Gasteiger partial charge in [-0.1, -0.05) is 12.1 Å². The highest BCUT2D eigenvalue weighted by atomic mass is 32.2. The van der Waals surface area contributed by atoms with Crippen LogP contribution in [0.2, 0.25) is 0 Å². The van der Waals surface area contributed by atoms with Gasteiger partial charge in [0, 0.05) is 12.4 Å². The van der Waals surface area contributed by atoms with Gasteiger partial charge in [0.15, 0.2) is 5.16 Å². The molecule has 0 saturated heterocycles. The Bertz CT molecular complexity index is 869. The molecule has 0 aliphatic rings. The lowest BCUT2D eigenvalue weighted by Crippen LogP contribution is -2.30. The molecule has 1 aromatic carbocycles. The van der Waals surface area contributed by atoms with Crippen molar-refractivity contribution < 1.29 is 13.6 Å². The first-order chi connectivity index (χ1) is 12.0. The Labute approximate surface area is 147 Å². The molecule has 1 N–H and O–H groups in total. The highest BCUT2D eigenvalue weighted by molar-refractivity contribution is 7.99. The topological polar surface area (TPSA) is 59.8 Å². The first kappa shape index (κ1) is 17.3. The Morgan fingerprint density at radius 3 is 2.68 bits per heavy atom. The molecule has 5 nitrogen and oxygen atoms in total. The molecule has 0 bridgehead atoms. The highest BCUT2D eigenvalue weighted by Gasteiger charge is 2.18. The first-order valence-corrected chi connectivity index (χ1v) is 8.52. The fourth-order valence-electron chi connectivity index (χ4n) is 2.54. The van der Waals surface area contributed by atoms with E-state index in [-0.39, 0.29) is 23.7 Å². The van der Waals surface area contributed by atoms with Crippen LogP contribution in [-0.2, 0) is 11.3 Å². The van der Waals surface area contributed by atoms with E-state index in [1.807, 2.05) is 19.1 Å². The number of carbonyl (C=O) groups is 1. The zero-order valence-electron chi connectivity index (χ0n) is 13.4. The Morgan fingerprint density at radius 2 is 1.96 bits per heavy atom. The summed E-state index contributed by atoms with van der Waals surface area (Å²) in [4.78, 5) is 20.5. The predicted molar refractivity (Wildman–Crippen MR) is 92.4 cm³/mol. The minimum Gasteiger partial charge on any atom is -0.348 e. The molecule has 130 valence electrons. The van der Waals surface area contributed by atoms with Crippen LogP contribution in [0.3, 0.4) is 0 Å². The summed E-state index contributed by atoms with van der Waals surface area (Å²) in [5, 5.41) is 3.00. The van der Waals surface area contributed by atoms with Gasteiger partial charge in [0.25, 0.3) is 5.76 Å². The van der Waals surface area contributed by atoms with Crippen LogP contribution in [0.5, 0.6) is 0 Å². The van der Waals surface area contributed by atoms with Crippen LogP contribution in [0.1, 0.15) is 18.5 Å². The molecule has 0 fully saturated rings. The Hall–Kier alpha value is -2.48. The molecule has 1 unspecified atom stereocenters. The number of imidazole rings is 1. The lowest BCUT2D eigenvalue weighted by atomic mass is 10.1. The smallest absolute Gasteiger partial charge is 0.291 e. The van der Waals surface area contributed by atoms with Crippen molar-refractivity contribution in [3.63, 3.8) is 0 Å². The largest absolute Gasteiger partial charge is 0.348 e. The van der Waals surface area contributed by atoms with E-state index in [1.165, 1.54) is 4.57 Å². The number of thioether (sulfide) groups is 1. The maximum absolute atomic E-state index is 12.8. The lowest BCUT2D eigenvalue weighted by Gasteiger charge is -2.15. The van der Waals surface area contributed by atoms with E-state index < -0.39 is 5.76 Å². The molecule has 3 aromatic rings. The van der Waals surface area contributed by atoms with E-state index in [4.69, 9.17) is 0 Å². The second kappa shape index (κ2) is 7.60. The minimum absolute atomic E-state index is 0.0784. The molecule has 8 heteroatoms. The monoisotopic (exact) mass is 362 g/mol. The SMILES string of the molecule is CC(NC(=O)Cn1c(SC(F)F)nc2ccccc21)c1ccncc1. The van der Waals surface area contributed by atoms with Crippen LogP contribution in [-0.4, -0.2) is 26.2 Å². The number of fused-ring (bicyclic) bond motifs is 1. The number of amides is 1. The Morgan fingerprint density at radius 1 is 1.24 bits per heavy atom. The van der Waals surface area contributed by atoms with Gasteiger partial charge in [-0.05, 0) is 48.5 Å². The van der Waals surface area contributed by atoms with Crippen molar-refractivity contribution in [2.24, 2.45) is 0 Å².